The number of likely N-dealkylation sites (N-methyl/N-ethyl adjacent to an activating group) is 1. The summed E-state index contributed by atoms with van der Waals surface area (Å²) in [7, 11) is 0. The summed E-state index contributed by atoms with van der Waals surface area (Å²) in [6.07, 6.45) is 2.47. The van der Waals surface area contributed by atoms with E-state index in [9.17, 15) is 0 Å². The molecule has 0 aliphatic heterocycles. The van der Waals surface area contributed by atoms with Crippen LogP contribution in [-0.2, 0) is 6.42 Å². The van der Waals surface area contributed by atoms with E-state index >= 15 is 0 Å². The molecule has 0 amide bonds. The molecule has 1 N–H and O–H groups in total. The van der Waals surface area contributed by atoms with Crippen LogP contribution in [0.5, 0.6) is 0 Å². The molecule has 0 aliphatic carbocycles. The van der Waals surface area contributed by atoms with Crippen molar-refractivity contribution in [2.24, 2.45) is 0 Å². The Labute approximate surface area is 117 Å². The van der Waals surface area contributed by atoms with Crippen molar-refractivity contribution >= 4 is 23.2 Å². The zero-order valence-electron chi connectivity index (χ0n) is 10.1. The highest BCUT2D eigenvalue weighted by Crippen LogP contribution is 2.27. The maximum atomic E-state index is 6.03. The first-order valence-electron chi connectivity index (χ1n) is 5.91. The SMILES string of the molecule is CCNC(Cc1ccc(Cl)cc1)c1ccoc1Cl. The molecule has 0 fully saturated rings. The normalized spacial score (nSPS) is 12.6. The zero-order valence-corrected chi connectivity index (χ0v) is 11.6. The Morgan fingerprint density at radius 1 is 1.17 bits per heavy atom. The molecule has 96 valence electrons. The molecule has 1 aromatic carbocycles. The van der Waals surface area contributed by atoms with Crippen molar-refractivity contribution in [2.75, 3.05) is 6.54 Å². The van der Waals surface area contributed by atoms with E-state index in [1.54, 1.807) is 6.26 Å². The minimum absolute atomic E-state index is 0.155. The highest BCUT2D eigenvalue weighted by atomic mass is 35.5. The smallest absolute Gasteiger partial charge is 0.197 e. The van der Waals surface area contributed by atoms with Crippen LogP contribution in [0.4, 0.5) is 0 Å². The van der Waals surface area contributed by atoms with E-state index in [1.165, 1.54) is 5.56 Å². The number of benzene rings is 1. The van der Waals surface area contributed by atoms with Crippen molar-refractivity contribution < 1.29 is 4.42 Å². The maximum Gasteiger partial charge on any atom is 0.197 e. The Balaban J connectivity index is 2.16. The van der Waals surface area contributed by atoms with Crippen LogP contribution in [0.3, 0.4) is 0 Å². The first kappa shape index (κ1) is 13.5. The molecule has 1 atom stereocenters. The lowest BCUT2D eigenvalue weighted by molar-refractivity contribution is 0.526. The first-order valence-corrected chi connectivity index (χ1v) is 6.67. The van der Waals surface area contributed by atoms with Crippen molar-refractivity contribution in [3.8, 4) is 0 Å². The Bertz CT molecular complexity index is 493. The molecule has 18 heavy (non-hydrogen) atoms. The van der Waals surface area contributed by atoms with E-state index in [2.05, 4.69) is 12.2 Å². The summed E-state index contributed by atoms with van der Waals surface area (Å²) in [6, 6.07) is 9.92. The predicted molar refractivity (Wildman–Crippen MR) is 75.3 cm³/mol. The number of hydrogen-bond donors (Lipinski definition) is 1. The number of hydrogen-bond acceptors (Lipinski definition) is 2. The van der Waals surface area contributed by atoms with E-state index in [0.29, 0.717) is 5.22 Å². The largest absolute Gasteiger partial charge is 0.453 e. The highest BCUT2D eigenvalue weighted by molar-refractivity contribution is 6.30. The fourth-order valence-corrected chi connectivity index (χ4v) is 2.32. The van der Waals surface area contributed by atoms with Gasteiger partial charge in [-0.05, 0) is 48.3 Å². The second-order valence-corrected chi connectivity index (χ2v) is 4.87. The van der Waals surface area contributed by atoms with Crippen LogP contribution in [0.25, 0.3) is 0 Å². The van der Waals surface area contributed by atoms with Gasteiger partial charge in [-0.15, -0.1) is 0 Å². The van der Waals surface area contributed by atoms with Crippen molar-refractivity contribution in [3.63, 3.8) is 0 Å². The van der Waals surface area contributed by atoms with Crippen LogP contribution in [-0.4, -0.2) is 6.54 Å². The number of halogens is 2. The van der Waals surface area contributed by atoms with E-state index in [4.69, 9.17) is 27.6 Å². The molecular weight excluding hydrogens is 269 g/mol. The third kappa shape index (κ3) is 3.29. The molecule has 1 unspecified atom stereocenters. The van der Waals surface area contributed by atoms with Crippen LogP contribution in [0.2, 0.25) is 10.2 Å². The fourth-order valence-electron chi connectivity index (χ4n) is 1.95. The summed E-state index contributed by atoms with van der Waals surface area (Å²) in [5.41, 5.74) is 2.20. The van der Waals surface area contributed by atoms with Gasteiger partial charge in [-0.1, -0.05) is 30.7 Å². The van der Waals surface area contributed by atoms with Gasteiger partial charge < -0.3 is 9.73 Å². The molecular formula is C14H15Cl2NO. The van der Waals surface area contributed by atoms with E-state index in [-0.39, 0.29) is 6.04 Å². The number of nitrogens with one attached hydrogen (secondary N) is 1. The van der Waals surface area contributed by atoms with Gasteiger partial charge in [-0.25, -0.2) is 0 Å². The Morgan fingerprint density at radius 3 is 2.44 bits per heavy atom. The zero-order chi connectivity index (χ0) is 13.0. The average Bonchev–Trinajstić information content (AvgIpc) is 2.78. The third-order valence-corrected chi connectivity index (χ3v) is 3.38. The average molecular weight is 284 g/mol. The van der Waals surface area contributed by atoms with Gasteiger partial charge >= 0.3 is 0 Å². The lowest BCUT2D eigenvalue weighted by atomic mass is 10.0. The molecule has 2 rings (SSSR count). The van der Waals surface area contributed by atoms with Gasteiger partial charge in [0.05, 0.1) is 6.26 Å². The summed E-state index contributed by atoms with van der Waals surface area (Å²) in [4.78, 5) is 0. The maximum absolute atomic E-state index is 6.03. The summed E-state index contributed by atoms with van der Waals surface area (Å²) in [6.45, 7) is 2.95. The highest BCUT2D eigenvalue weighted by Gasteiger charge is 2.16. The molecule has 4 heteroatoms. The third-order valence-electron chi connectivity index (χ3n) is 2.83. The number of rotatable bonds is 5. The van der Waals surface area contributed by atoms with E-state index < -0.39 is 0 Å². The van der Waals surface area contributed by atoms with Crippen LogP contribution in [0, 0.1) is 0 Å². The van der Waals surface area contributed by atoms with Gasteiger partial charge in [0.2, 0.25) is 0 Å². The van der Waals surface area contributed by atoms with Crippen LogP contribution in [0.1, 0.15) is 24.1 Å². The van der Waals surface area contributed by atoms with Gasteiger partial charge in [0.15, 0.2) is 5.22 Å². The molecule has 2 aromatic rings. The number of furan rings is 1. The summed E-state index contributed by atoms with van der Waals surface area (Å²) in [5, 5.41) is 4.62. The van der Waals surface area contributed by atoms with Gasteiger partial charge in [0.1, 0.15) is 0 Å². The molecule has 0 aliphatic rings. The second kappa shape index (κ2) is 6.28. The van der Waals surface area contributed by atoms with Crippen molar-refractivity contribution in [2.45, 2.75) is 19.4 Å². The Hall–Kier alpha value is -0.960. The molecule has 0 spiro atoms. The van der Waals surface area contributed by atoms with Crippen molar-refractivity contribution in [1.82, 2.24) is 5.32 Å². The Morgan fingerprint density at radius 2 is 1.89 bits per heavy atom. The van der Waals surface area contributed by atoms with E-state index in [1.807, 2.05) is 30.3 Å². The van der Waals surface area contributed by atoms with E-state index in [0.717, 1.165) is 23.6 Å². The standard InChI is InChI=1S/C14H15Cl2NO/c1-2-17-13(12-7-8-18-14(12)16)9-10-3-5-11(15)6-4-10/h3-8,13,17H,2,9H2,1H3. The topological polar surface area (TPSA) is 25.2 Å². The van der Waals surface area contributed by atoms with Gasteiger partial charge in [-0.3, -0.25) is 0 Å². The van der Waals surface area contributed by atoms with Gasteiger partial charge in [0, 0.05) is 16.6 Å². The quantitative estimate of drug-likeness (QED) is 0.875. The van der Waals surface area contributed by atoms with Crippen LogP contribution in [0.15, 0.2) is 41.0 Å². The lowest BCUT2D eigenvalue weighted by Crippen LogP contribution is -2.22. The summed E-state index contributed by atoms with van der Waals surface area (Å²) < 4.78 is 5.15. The summed E-state index contributed by atoms with van der Waals surface area (Å²) in [5.74, 6) is 0. The predicted octanol–water partition coefficient (Wildman–Crippen LogP) is 4.48. The minimum atomic E-state index is 0.155. The molecule has 1 aromatic heterocycles. The summed E-state index contributed by atoms with van der Waals surface area (Å²) >= 11 is 11.9. The van der Waals surface area contributed by atoms with Crippen molar-refractivity contribution in [3.05, 3.63) is 58.0 Å². The first-order chi connectivity index (χ1) is 8.70. The molecule has 2 nitrogen and oxygen atoms in total. The van der Waals surface area contributed by atoms with Crippen molar-refractivity contribution in [1.29, 1.82) is 0 Å². The van der Waals surface area contributed by atoms with Crippen LogP contribution >= 0.6 is 23.2 Å². The van der Waals surface area contributed by atoms with Gasteiger partial charge in [0.25, 0.3) is 0 Å². The molecule has 0 bridgehead atoms. The fraction of sp³-hybridized carbons (Fsp3) is 0.286. The Kier molecular flexibility index (Phi) is 4.70. The minimum Gasteiger partial charge on any atom is -0.453 e. The molecule has 0 saturated carbocycles. The molecule has 0 saturated heterocycles. The monoisotopic (exact) mass is 283 g/mol. The molecule has 1 heterocycles. The lowest BCUT2D eigenvalue weighted by Gasteiger charge is -2.17. The molecule has 0 radical (unpaired) electrons. The van der Waals surface area contributed by atoms with Crippen LogP contribution < -0.4 is 5.32 Å². The van der Waals surface area contributed by atoms with Gasteiger partial charge in [-0.2, -0.15) is 0 Å². The second-order valence-electron chi connectivity index (χ2n) is 4.09.